The van der Waals surface area contributed by atoms with Crippen molar-refractivity contribution in [1.29, 1.82) is 0 Å². The molecule has 4 heteroatoms. The maximum Gasteiger partial charge on any atom is 0.115 e. The lowest BCUT2D eigenvalue weighted by Crippen LogP contribution is -2.01. The van der Waals surface area contributed by atoms with E-state index >= 15 is 0 Å². The summed E-state index contributed by atoms with van der Waals surface area (Å²) in [5.74, 6) is 0. The molecule has 1 aliphatic rings. The summed E-state index contributed by atoms with van der Waals surface area (Å²) in [6, 6.07) is 15.2. The number of benzene rings is 2. The van der Waals surface area contributed by atoms with Gasteiger partial charge in [0.2, 0.25) is 0 Å². The highest BCUT2D eigenvalue weighted by molar-refractivity contribution is 6.23. The van der Waals surface area contributed by atoms with Crippen LogP contribution in [0.1, 0.15) is 11.3 Å². The Labute approximate surface area is 109 Å². The van der Waals surface area contributed by atoms with Gasteiger partial charge >= 0.3 is 0 Å². The van der Waals surface area contributed by atoms with E-state index in [0.717, 1.165) is 27.9 Å². The molecule has 0 aliphatic heterocycles. The largest absolute Gasteiger partial charge is 0.791 e. The minimum Gasteiger partial charge on any atom is -0.791 e. The van der Waals surface area contributed by atoms with E-state index in [1.54, 1.807) is 0 Å². The molecule has 1 aliphatic carbocycles. The Bertz CT molecular complexity index is 840. The van der Waals surface area contributed by atoms with E-state index in [9.17, 15) is 5.21 Å². The van der Waals surface area contributed by atoms with Gasteiger partial charge < -0.3 is 10.4 Å². The molecule has 1 aromatic heterocycles. The summed E-state index contributed by atoms with van der Waals surface area (Å²) < 4.78 is 0. The first kappa shape index (κ1) is 10.2. The first-order chi connectivity index (χ1) is 9.38. The van der Waals surface area contributed by atoms with Crippen molar-refractivity contribution >= 4 is 16.7 Å². The summed E-state index contributed by atoms with van der Waals surface area (Å²) >= 11 is 0. The van der Waals surface area contributed by atoms with Gasteiger partial charge in [0.1, 0.15) is 5.69 Å². The average Bonchev–Trinajstić information content (AvgIpc) is 2.78. The van der Waals surface area contributed by atoms with Gasteiger partial charge in [0.15, 0.2) is 0 Å². The highest BCUT2D eigenvalue weighted by Crippen LogP contribution is 2.35. The third-order valence-corrected chi connectivity index (χ3v) is 3.32. The van der Waals surface area contributed by atoms with E-state index in [2.05, 4.69) is 15.1 Å². The molecule has 90 valence electrons. The fourth-order valence-corrected chi connectivity index (χ4v) is 2.47. The Morgan fingerprint density at radius 2 is 1.32 bits per heavy atom. The van der Waals surface area contributed by atoms with Gasteiger partial charge in [0, 0.05) is 11.1 Å². The molecule has 0 spiro atoms. The number of hydrogen-bond donors (Lipinski definition) is 0. The zero-order valence-electron chi connectivity index (χ0n) is 9.87. The molecule has 0 atom stereocenters. The molecule has 0 N–H and O–H groups in total. The van der Waals surface area contributed by atoms with Crippen LogP contribution in [0.15, 0.2) is 53.7 Å². The van der Waals surface area contributed by atoms with Gasteiger partial charge in [0.25, 0.3) is 0 Å². The van der Waals surface area contributed by atoms with Crippen LogP contribution in [0.2, 0.25) is 0 Å². The van der Waals surface area contributed by atoms with E-state index in [1.165, 1.54) is 0 Å². The van der Waals surface area contributed by atoms with Gasteiger partial charge in [-0.25, -0.2) is 9.97 Å². The van der Waals surface area contributed by atoms with Crippen LogP contribution in [0, 0.1) is 5.21 Å². The highest BCUT2D eigenvalue weighted by atomic mass is 16.4. The van der Waals surface area contributed by atoms with Crippen molar-refractivity contribution < 1.29 is 0 Å². The molecule has 4 rings (SSSR count). The van der Waals surface area contributed by atoms with Crippen molar-refractivity contribution in [1.82, 2.24) is 9.97 Å². The topological polar surface area (TPSA) is 61.2 Å². The van der Waals surface area contributed by atoms with Crippen molar-refractivity contribution in [2.24, 2.45) is 5.16 Å². The molecule has 4 nitrogen and oxygen atoms in total. The first-order valence-electron chi connectivity index (χ1n) is 5.96. The van der Waals surface area contributed by atoms with Gasteiger partial charge in [-0.3, -0.25) is 0 Å². The number of hydrogen-bond acceptors (Lipinski definition) is 4. The van der Waals surface area contributed by atoms with Crippen molar-refractivity contribution in [3.8, 4) is 11.3 Å². The van der Waals surface area contributed by atoms with Crippen LogP contribution in [0.3, 0.4) is 0 Å². The lowest BCUT2D eigenvalue weighted by molar-refractivity contribution is 1.28. The summed E-state index contributed by atoms with van der Waals surface area (Å²) in [5, 5.41) is 14.3. The SMILES string of the molecule is [O-]/N=C1/c2ccccc2-c2nc3ccccc3nc21. The second kappa shape index (κ2) is 3.62. The van der Waals surface area contributed by atoms with E-state index in [0.29, 0.717) is 11.4 Å². The Balaban J connectivity index is 2.14. The van der Waals surface area contributed by atoms with E-state index in [-0.39, 0.29) is 0 Å². The molecule has 0 saturated heterocycles. The molecule has 2 aromatic carbocycles. The lowest BCUT2D eigenvalue weighted by atomic mass is 10.1. The number of rotatable bonds is 0. The van der Waals surface area contributed by atoms with Crippen molar-refractivity contribution in [2.75, 3.05) is 0 Å². The molecule has 0 bridgehead atoms. The Kier molecular flexibility index (Phi) is 1.94. The molecule has 3 aromatic rings. The van der Waals surface area contributed by atoms with Crippen LogP contribution in [0.4, 0.5) is 0 Å². The summed E-state index contributed by atoms with van der Waals surface area (Å²) in [5.41, 5.74) is 5.02. The Morgan fingerprint density at radius 1 is 0.737 bits per heavy atom. The van der Waals surface area contributed by atoms with Crippen molar-refractivity contribution in [3.63, 3.8) is 0 Å². The highest BCUT2D eigenvalue weighted by Gasteiger charge is 2.26. The lowest BCUT2D eigenvalue weighted by Gasteiger charge is -2.03. The smallest absolute Gasteiger partial charge is 0.115 e. The average molecular weight is 246 g/mol. The van der Waals surface area contributed by atoms with Gasteiger partial charge in [0.05, 0.1) is 22.4 Å². The van der Waals surface area contributed by atoms with Crippen molar-refractivity contribution in [3.05, 3.63) is 65.0 Å². The summed E-state index contributed by atoms with van der Waals surface area (Å²) in [6.07, 6.45) is 0. The molecule has 0 saturated carbocycles. The predicted molar refractivity (Wildman–Crippen MR) is 74.0 cm³/mol. The van der Waals surface area contributed by atoms with Gasteiger partial charge in [-0.05, 0) is 12.1 Å². The van der Waals surface area contributed by atoms with E-state index in [4.69, 9.17) is 0 Å². The number of nitrogens with zero attached hydrogens (tertiary/aromatic N) is 3. The number of para-hydroxylation sites is 2. The molecular weight excluding hydrogens is 238 g/mol. The van der Waals surface area contributed by atoms with Crippen LogP contribution in [0.5, 0.6) is 0 Å². The minimum atomic E-state index is 0.379. The molecule has 0 unspecified atom stereocenters. The van der Waals surface area contributed by atoms with Crippen LogP contribution in [-0.2, 0) is 0 Å². The van der Waals surface area contributed by atoms with Crippen LogP contribution < -0.4 is 0 Å². The van der Waals surface area contributed by atoms with E-state index < -0.39 is 0 Å². The summed E-state index contributed by atoms with van der Waals surface area (Å²) in [6.45, 7) is 0. The second-order valence-corrected chi connectivity index (χ2v) is 4.40. The van der Waals surface area contributed by atoms with Crippen LogP contribution in [-0.4, -0.2) is 15.7 Å². The van der Waals surface area contributed by atoms with Gasteiger partial charge in [-0.15, -0.1) is 0 Å². The fourth-order valence-electron chi connectivity index (χ4n) is 2.47. The second-order valence-electron chi connectivity index (χ2n) is 4.40. The maximum absolute atomic E-state index is 11.1. The fraction of sp³-hybridized carbons (Fsp3) is 0. The number of aromatic nitrogens is 2. The predicted octanol–water partition coefficient (Wildman–Crippen LogP) is 2.95. The summed E-state index contributed by atoms with van der Waals surface area (Å²) in [7, 11) is 0. The Hall–Kier alpha value is -2.75. The zero-order chi connectivity index (χ0) is 12.8. The Morgan fingerprint density at radius 3 is 2.00 bits per heavy atom. The first-order valence-corrected chi connectivity index (χ1v) is 5.96. The molecular formula is C15H8N3O-. The minimum absolute atomic E-state index is 0.379. The van der Waals surface area contributed by atoms with Crippen LogP contribution >= 0.6 is 0 Å². The quantitative estimate of drug-likeness (QED) is 0.448. The van der Waals surface area contributed by atoms with Gasteiger partial charge in [-0.2, -0.15) is 0 Å². The molecule has 19 heavy (non-hydrogen) atoms. The third kappa shape index (κ3) is 1.31. The number of fused-ring (bicyclic) bond motifs is 4. The standard InChI is InChI=1S/C15H9N3O/c19-18-14-10-6-2-1-5-9(10)13-15(14)17-12-8-4-3-7-11(12)16-13/h1-8,19H/p-1/b18-14-. The van der Waals surface area contributed by atoms with Gasteiger partial charge in [-0.1, -0.05) is 36.4 Å². The van der Waals surface area contributed by atoms with Crippen LogP contribution in [0.25, 0.3) is 22.3 Å². The molecule has 0 amide bonds. The van der Waals surface area contributed by atoms with Crippen molar-refractivity contribution in [2.45, 2.75) is 0 Å². The monoisotopic (exact) mass is 246 g/mol. The molecule has 0 fully saturated rings. The molecule has 1 heterocycles. The zero-order valence-corrected chi connectivity index (χ0v) is 9.87. The molecule has 0 radical (unpaired) electrons. The maximum atomic E-state index is 11.1. The third-order valence-electron chi connectivity index (χ3n) is 3.32. The summed E-state index contributed by atoms with van der Waals surface area (Å²) in [4.78, 5) is 9.14. The van der Waals surface area contributed by atoms with E-state index in [1.807, 2.05) is 48.5 Å². The normalized spacial score (nSPS) is 14.6.